The van der Waals surface area contributed by atoms with Crippen LogP contribution in [0.4, 0.5) is 5.69 Å². The Balaban J connectivity index is 1.87. The fourth-order valence-electron chi connectivity index (χ4n) is 2.95. The molecule has 1 saturated heterocycles. The Kier molecular flexibility index (Phi) is 3.04. The summed E-state index contributed by atoms with van der Waals surface area (Å²) in [5, 5.41) is 3.44. The molecule has 1 aromatic carbocycles. The highest BCUT2D eigenvalue weighted by atomic mass is 15.1. The summed E-state index contributed by atoms with van der Waals surface area (Å²) < 4.78 is 0. The van der Waals surface area contributed by atoms with Crippen molar-refractivity contribution in [3.63, 3.8) is 0 Å². The Morgan fingerprint density at radius 1 is 1.24 bits per heavy atom. The Morgan fingerprint density at radius 2 is 2.06 bits per heavy atom. The van der Waals surface area contributed by atoms with Crippen molar-refractivity contribution in [3.05, 3.63) is 29.3 Å². The number of piperidine rings is 1. The summed E-state index contributed by atoms with van der Waals surface area (Å²) >= 11 is 0. The van der Waals surface area contributed by atoms with Crippen LogP contribution in [0, 0.1) is 0 Å². The van der Waals surface area contributed by atoms with Crippen LogP contribution in [0.2, 0.25) is 0 Å². The van der Waals surface area contributed by atoms with E-state index in [4.69, 9.17) is 5.73 Å². The average Bonchev–Trinajstić information content (AvgIpc) is 2.39. The molecule has 1 fully saturated rings. The molecule has 0 radical (unpaired) electrons. The SMILES string of the molecule is NC1CCN(c2cccc3c2CCNC3)CC1. The van der Waals surface area contributed by atoms with Crippen molar-refractivity contribution in [2.45, 2.75) is 31.8 Å². The third-order valence-corrected chi connectivity index (χ3v) is 4.00. The fourth-order valence-corrected chi connectivity index (χ4v) is 2.95. The zero-order valence-corrected chi connectivity index (χ0v) is 10.3. The van der Waals surface area contributed by atoms with Gasteiger partial charge in [-0.05, 0) is 43.0 Å². The molecule has 3 nitrogen and oxygen atoms in total. The average molecular weight is 231 g/mol. The van der Waals surface area contributed by atoms with E-state index in [1.54, 1.807) is 5.56 Å². The van der Waals surface area contributed by atoms with Gasteiger partial charge in [-0.3, -0.25) is 0 Å². The highest BCUT2D eigenvalue weighted by Gasteiger charge is 2.20. The van der Waals surface area contributed by atoms with Crippen molar-refractivity contribution in [1.29, 1.82) is 0 Å². The lowest BCUT2D eigenvalue weighted by Crippen LogP contribution is -2.40. The summed E-state index contributed by atoms with van der Waals surface area (Å²) in [6.45, 7) is 4.37. The summed E-state index contributed by atoms with van der Waals surface area (Å²) in [4.78, 5) is 2.52. The molecular formula is C14H21N3. The van der Waals surface area contributed by atoms with Gasteiger partial charge in [0.2, 0.25) is 0 Å². The van der Waals surface area contributed by atoms with E-state index < -0.39 is 0 Å². The van der Waals surface area contributed by atoms with Gasteiger partial charge < -0.3 is 16.0 Å². The largest absolute Gasteiger partial charge is 0.371 e. The van der Waals surface area contributed by atoms with E-state index in [1.165, 1.54) is 11.3 Å². The standard InChI is InChI=1S/C14H21N3/c15-12-5-8-17(9-6-12)14-3-1-2-11-10-16-7-4-13(11)14/h1-3,12,16H,4-10,15H2. The Morgan fingerprint density at radius 3 is 2.88 bits per heavy atom. The highest BCUT2D eigenvalue weighted by molar-refractivity contribution is 5.58. The molecule has 92 valence electrons. The maximum absolute atomic E-state index is 5.98. The van der Waals surface area contributed by atoms with Crippen LogP contribution in [-0.4, -0.2) is 25.7 Å². The number of nitrogens with one attached hydrogen (secondary N) is 1. The van der Waals surface area contributed by atoms with Crippen LogP contribution in [-0.2, 0) is 13.0 Å². The molecule has 2 aliphatic rings. The van der Waals surface area contributed by atoms with Crippen molar-refractivity contribution in [2.24, 2.45) is 5.73 Å². The molecule has 3 heteroatoms. The summed E-state index contributed by atoms with van der Waals surface area (Å²) in [5.74, 6) is 0. The predicted octanol–water partition coefficient (Wildman–Crippen LogP) is 1.26. The van der Waals surface area contributed by atoms with Crippen molar-refractivity contribution >= 4 is 5.69 Å². The smallest absolute Gasteiger partial charge is 0.0402 e. The lowest BCUT2D eigenvalue weighted by molar-refractivity contribution is 0.499. The van der Waals surface area contributed by atoms with Crippen LogP contribution in [0.15, 0.2) is 18.2 Å². The number of fused-ring (bicyclic) bond motifs is 1. The van der Waals surface area contributed by atoms with Crippen molar-refractivity contribution < 1.29 is 0 Å². The maximum Gasteiger partial charge on any atom is 0.0402 e. The van der Waals surface area contributed by atoms with Crippen LogP contribution in [0.3, 0.4) is 0 Å². The van der Waals surface area contributed by atoms with Crippen molar-refractivity contribution in [2.75, 3.05) is 24.5 Å². The molecule has 0 atom stereocenters. The number of benzene rings is 1. The Labute approximate surface area is 103 Å². The minimum absolute atomic E-state index is 0.410. The molecule has 1 aromatic rings. The summed E-state index contributed by atoms with van der Waals surface area (Å²) in [6.07, 6.45) is 3.41. The first kappa shape index (κ1) is 11.1. The second kappa shape index (κ2) is 4.67. The number of anilines is 1. The summed E-state index contributed by atoms with van der Waals surface area (Å²) in [6, 6.07) is 7.13. The van der Waals surface area contributed by atoms with E-state index in [0.29, 0.717) is 6.04 Å². The van der Waals surface area contributed by atoms with Gasteiger partial charge >= 0.3 is 0 Å². The van der Waals surface area contributed by atoms with Gasteiger partial charge in [0.1, 0.15) is 0 Å². The molecule has 2 heterocycles. The summed E-state index contributed by atoms with van der Waals surface area (Å²) in [5.41, 5.74) is 10.5. The minimum atomic E-state index is 0.410. The Hall–Kier alpha value is -1.06. The second-order valence-electron chi connectivity index (χ2n) is 5.17. The maximum atomic E-state index is 5.98. The normalized spacial score (nSPS) is 21.4. The molecule has 0 aromatic heterocycles. The fraction of sp³-hybridized carbons (Fsp3) is 0.571. The van der Waals surface area contributed by atoms with Crippen LogP contribution >= 0.6 is 0 Å². The molecule has 0 saturated carbocycles. The third-order valence-electron chi connectivity index (χ3n) is 4.00. The first-order chi connectivity index (χ1) is 8.34. The van der Waals surface area contributed by atoms with Gasteiger partial charge in [0.25, 0.3) is 0 Å². The van der Waals surface area contributed by atoms with Crippen LogP contribution in [0.5, 0.6) is 0 Å². The van der Waals surface area contributed by atoms with Gasteiger partial charge in [-0.25, -0.2) is 0 Å². The van der Waals surface area contributed by atoms with E-state index in [0.717, 1.165) is 45.4 Å². The summed E-state index contributed by atoms with van der Waals surface area (Å²) in [7, 11) is 0. The first-order valence-electron chi connectivity index (χ1n) is 6.66. The van der Waals surface area contributed by atoms with E-state index in [9.17, 15) is 0 Å². The number of nitrogens with zero attached hydrogens (tertiary/aromatic N) is 1. The molecule has 0 spiro atoms. The molecule has 0 bridgehead atoms. The van der Waals surface area contributed by atoms with Gasteiger partial charge in [-0.1, -0.05) is 12.1 Å². The number of nitrogens with two attached hydrogens (primary N) is 1. The second-order valence-corrected chi connectivity index (χ2v) is 5.17. The molecule has 0 aliphatic carbocycles. The quantitative estimate of drug-likeness (QED) is 0.764. The van der Waals surface area contributed by atoms with E-state index in [2.05, 4.69) is 28.4 Å². The Bertz CT molecular complexity index is 394. The van der Waals surface area contributed by atoms with Gasteiger partial charge in [0.05, 0.1) is 0 Å². The molecule has 2 aliphatic heterocycles. The molecule has 3 rings (SSSR count). The monoisotopic (exact) mass is 231 g/mol. The third kappa shape index (κ3) is 2.17. The zero-order chi connectivity index (χ0) is 11.7. The van der Waals surface area contributed by atoms with Gasteiger partial charge in [-0.2, -0.15) is 0 Å². The molecule has 0 unspecified atom stereocenters. The minimum Gasteiger partial charge on any atom is -0.371 e. The van der Waals surface area contributed by atoms with Crippen molar-refractivity contribution in [3.8, 4) is 0 Å². The van der Waals surface area contributed by atoms with Crippen LogP contribution in [0.25, 0.3) is 0 Å². The number of hydrogen-bond acceptors (Lipinski definition) is 3. The van der Waals surface area contributed by atoms with Crippen molar-refractivity contribution in [1.82, 2.24) is 5.32 Å². The molecule has 17 heavy (non-hydrogen) atoms. The number of hydrogen-bond donors (Lipinski definition) is 2. The topological polar surface area (TPSA) is 41.3 Å². The van der Waals surface area contributed by atoms with Gasteiger partial charge in [0, 0.05) is 31.4 Å². The van der Waals surface area contributed by atoms with Crippen LogP contribution in [0.1, 0.15) is 24.0 Å². The van der Waals surface area contributed by atoms with Gasteiger partial charge in [0.15, 0.2) is 0 Å². The molecule has 0 amide bonds. The predicted molar refractivity (Wildman–Crippen MR) is 71.3 cm³/mol. The lowest BCUT2D eigenvalue weighted by Gasteiger charge is -2.35. The van der Waals surface area contributed by atoms with Crippen LogP contribution < -0.4 is 16.0 Å². The highest BCUT2D eigenvalue weighted by Crippen LogP contribution is 2.28. The molecular weight excluding hydrogens is 210 g/mol. The van der Waals surface area contributed by atoms with Gasteiger partial charge in [-0.15, -0.1) is 0 Å². The van der Waals surface area contributed by atoms with E-state index in [1.807, 2.05) is 0 Å². The number of rotatable bonds is 1. The zero-order valence-electron chi connectivity index (χ0n) is 10.3. The first-order valence-corrected chi connectivity index (χ1v) is 6.66. The lowest BCUT2D eigenvalue weighted by atomic mass is 9.96. The van der Waals surface area contributed by atoms with E-state index >= 15 is 0 Å². The van der Waals surface area contributed by atoms with E-state index in [-0.39, 0.29) is 0 Å². The molecule has 3 N–H and O–H groups in total.